The van der Waals surface area contributed by atoms with Crippen LogP contribution in [0.4, 0.5) is 0 Å². The quantitative estimate of drug-likeness (QED) is 0.721. The van der Waals surface area contributed by atoms with Crippen molar-refractivity contribution in [3.8, 4) is 5.75 Å². The number of hydrogen-bond donors (Lipinski definition) is 2. The molecule has 0 amide bonds. The molecule has 0 radical (unpaired) electrons. The topological polar surface area (TPSA) is 88.3 Å². The molecule has 0 atom stereocenters. The molecule has 0 aliphatic heterocycles. The summed E-state index contributed by atoms with van der Waals surface area (Å²) in [6.07, 6.45) is 0. The summed E-state index contributed by atoms with van der Waals surface area (Å²) in [5.74, 6) is 0.636. The van der Waals surface area contributed by atoms with E-state index in [1.54, 1.807) is 44.4 Å². The zero-order valence-corrected chi connectivity index (χ0v) is 15.6. The molecule has 2 aromatic carbocycles. The Hall–Kier alpha value is -2.64. The van der Waals surface area contributed by atoms with Crippen molar-refractivity contribution < 1.29 is 13.2 Å². The summed E-state index contributed by atoms with van der Waals surface area (Å²) in [5.41, 5.74) is 2.15. The lowest BCUT2D eigenvalue weighted by atomic mass is 10.1. The van der Waals surface area contributed by atoms with Gasteiger partial charge in [0, 0.05) is 18.2 Å². The Morgan fingerprint density at radius 1 is 1.08 bits per heavy atom. The summed E-state index contributed by atoms with van der Waals surface area (Å²) < 4.78 is 32.9. The maximum Gasteiger partial charge on any atom is 0.252 e. The van der Waals surface area contributed by atoms with E-state index in [0.717, 1.165) is 10.9 Å². The molecule has 0 spiro atoms. The number of benzene rings is 2. The number of sulfonamides is 1. The van der Waals surface area contributed by atoms with Crippen LogP contribution < -0.4 is 15.0 Å². The second kappa shape index (κ2) is 6.93. The van der Waals surface area contributed by atoms with Crippen LogP contribution in [-0.4, -0.2) is 20.5 Å². The lowest BCUT2D eigenvalue weighted by Gasteiger charge is -2.10. The molecule has 3 rings (SSSR count). The molecule has 3 aromatic rings. The Balaban J connectivity index is 1.90. The molecular formula is C19H20N2O4S. The van der Waals surface area contributed by atoms with Crippen molar-refractivity contribution in [3.05, 3.63) is 69.5 Å². The Morgan fingerprint density at radius 2 is 1.85 bits per heavy atom. The molecule has 0 aliphatic rings. The summed E-state index contributed by atoms with van der Waals surface area (Å²) in [5, 5.41) is 0.798. The number of pyridine rings is 1. The predicted molar refractivity (Wildman–Crippen MR) is 101 cm³/mol. The third-order valence-electron chi connectivity index (χ3n) is 4.22. The number of fused-ring (bicyclic) bond motifs is 1. The molecule has 0 unspecified atom stereocenters. The van der Waals surface area contributed by atoms with Crippen molar-refractivity contribution >= 4 is 20.9 Å². The third kappa shape index (κ3) is 3.63. The van der Waals surface area contributed by atoms with Gasteiger partial charge in [0.25, 0.3) is 5.56 Å². The second-order valence-corrected chi connectivity index (χ2v) is 7.91. The van der Waals surface area contributed by atoms with E-state index in [9.17, 15) is 13.2 Å². The Morgan fingerprint density at radius 3 is 2.58 bits per heavy atom. The van der Waals surface area contributed by atoms with Gasteiger partial charge in [0.1, 0.15) is 5.75 Å². The number of rotatable bonds is 5. The van der Waals surface area contributed by atoms with Crippen LogP contribution in [0.3, 0.4) is 0 Å². The van der Waals surface area contributed by atoms with Gasteiger partial charge in [0.2, 0.25) is 10.0 Å². The van der Waals surface area contributed by atoms with E-state index in [1.165, 1.54) is 0 Å². The lowest BCUT2D eigenvalue weighted by molar-refractivity contribution is 0.415. The maximum atomic E-state index is 12.6. The van der Waals surface area contributed by atoms with Gasteiger partial charge in [-0.2, -0.15) is 0 Å². The van der Waals surface area contributed by atoms with E-state index in [-0.39, 0.29) is 17.0 Å². The standard InChI is InChI=1S/C19H20N2O4S/c1-12-4-5-13(2)18(8-12)26(23,24)20-11-15-9-14-6-7-16(25-3)10-17(14)21-19(15)22/h4-10,20H,11H2,1-3H3,(H,21,22). The van der Waals surface area contributed by atoms with E-state index in [2.05, 4.69) is 9.71 Å². The van der Waals surface area contributed by atoms with Crippen LogP contribution in [0.15, 0.2) is 52.2 Å². The number of aromatic amines is 1. The fraction of sp³-hybridized carbons (Fsp3) is 0.211. The Kier molecular flexibility index (Phi) is 4.84. The number of aryl methyl sites for hydroxylation is 2. The van der Waals surface area contributed by atoms with Gasteiger partial charge in [-0.05, 0) is 54.6 Å². The van der Waals surface area contributed by atoms with Crippen molar-refractivity contribution in [1.82, 2.24) is 9.71 Å². The fourth-order valence-corrected chi connectivity index (χ4v) is 4.06. The van der Waals surface area contributed by atoms with Gasteiger partial charge in [-0.1, -0.05) is 12.1 Å². The first-order chi connectivity index (χ1) is 12.3. The lowest BCUT2D eigenvalue weighted by Crippen LogP contribution is -2.27. The first kappa shape index (κ1) is 18.2. The number of ether oxygens (including phenoxy) is 1. The highest BCUT2D eigenvalue weighted by atomic mass is 32.2. The maximum absolute atomic E-state index is 12.6. The minimum absolute atomic E-state index is 0.0903. The number of methoxy groups -OCH3 is 1. The van der Waals surface area contributed by atoms with Crippen LogP contribution in [0.1, 0.15) is 16.7 Å². The van der Waals surface area contributed by atoms with Crippen LogP contribution in [0, 0.1) is 13.8 Å². The summed E-state index contributed by atoms with van der Waals surface area (Å²) in [4.78, 5) is 15.3. The van der Waals surface area contributed by atoms with E-state index >= 15 is 0 Å². The normalized spacial score (nSPS) is 11.7. The highest BCUT2D eigenvalue weighted by Crippen LogP contribution is 2.19. The van der Waals surface area contributed by atoms with Gasteiger partial charge < -0.3 is 9.72 Å². The molecule has 7 heteroatoms. The van der Waals surface area contributed by atoms with E-state index in [1.807, 2.05) is 19.1 Å². The summed E-state index contributed by atoms with van der Waals surface area (Å²) in [6.45, 7) is 3.48. The molecule has 2 N–H and O–H groups in total. The van der Waals surface area contributed by atoms with Crippen LogP contribution in [0.5, 0.6) is 5.75 Å². The highest BCUT2D eigenvalue weighted by molar-refractivity contribution is 7.89. The zero-order valence-electron chi connectivity index (χ0n) is 14.8. The molecule has 0 saturated heterocycles. The van der Waals surface area contributed by atoms with Crippen molar-refractivity contribution in [2.75, 3.05) is 7.11 Å². The zero-order chi connectivity index (χ0) is 18.9. The van der Waals surface area contributed by atoms with Gasteiger partial charge >= 0.3 is 0 Å². The van der Waals surface area contributed by atoms with Crippen molar-refractivity contribution in [1.29, 1.82) is 0 Å². The minimum atomic E-state index is -3.72. The summed E-state index contributed by atoms with van der Waals surface area (Å²) in [7, 11) is -2.16. The first-order valence-corrected chi connectivity index (χ1v) is 9.55. The number of aromatic nitrogens is 1. The molecular weight excluding hydrogens is 352 g/mol. The van der Waals surface area contributed by atoms with Crippen molar-refractivity contribution in [2.45, 2.75) is 25.3 Å². The van der Waals surface area contributed by atoms with Gasteiger partial charge in [0.15, 0.2) is 0 Å². The van der Waals surface area contributed by atoms with Crippen LogP contribution in [0.2, 0.25) is 0 Å². The average Bonchev–Trinajstić information content (AvgIpc) is 2.61. The van der Waals surface area contributed by atoms with Gasteiger partial charge in [-0.3, -0.25) is 4.79 Å². The highest BCUT2D eigenvalue weighted by Gasteiger charge is 2.17. The summed E-state index contributed by atoms with van der Waals surface area (Å²) in [6, 6.07) is 12.2. The van der Waals surface area contributed by atoms with Crippen LogP contribution >= 0.6 is 0 Å². The molecule has 1 heterocycles. The third-order valence-corrected chi connectivity index (χ3v) is 5.76. The van der Waals surface area contributed by atoms with Gasteiger partial charge in [-0.15, -0.1) is 0 Å². The number of hydrogen-bond acceptors (Lipinski definition) is 4. The Labute approximate surface area is 151 Å². The number of nitrogens with one attached hydrogen (secondary N) is 2. The van der Waals surface area contributed by atoms with E-state index in [0.29, 0.717) is 22.4 Å². The van der Waals surface area contributed by atoms with Gasteiger partial charge in [-0.25, -0.2) is 13.1 Å². The molecule has 1 aromatic heterocycles. The molecule has 0 bridgehead atoms. The molecule has 6 nitrogen and oxygen atoms in total. The van der Waals surface area contributed by atoms with Crippen LogP contribution in [0.25, 0.3) is 10.9 Å². The Bertz CT molecular complexity index is 1130. The predicted octanol–water partition coefficient (Wildman–Crippen LogP) is 2.63. The van der Waals surface area contributed by atoms with Crippen molar-refractivity contribution in [3.63, 3.8) is 0 Å². The van der Waals surface area contributed by atoms with Gasteiger partial charge in [0.05, 0.1) is 17.5 Å². The molecule has 0 aliphatic carbocycles. The SMILES string of the molecule is COc1ccc2cc(CNS(=O)(=O)c3cc(C)ccc3C)c(=O)[nH]c2c1. The largest absolute Gasteiger partial charge is 0.497 e. The van der Waals surface area contributed by atoms with E-state index in [4.69, 9.17) is 4.74 Å². The smallest absolute Gasteiger partial charge is 0.252 e. The van der Waals surface area contributed by atoms with Crippen LogP contribution in [-0.2, 0) is 16.6 Å². The molecule has 26 heavy (non-hydrogen) atoms. The molecule has 136 valence electrons. The minimum Gasteiger partial charge on any atom is -0.497 e. The monoisotopic (exact) mass is 372 g/mol. The molecule has 0 saturated carbocycles. The van der Waals surface area contributed by atoms with Crippen molar-refractivity contribution in [2.24, 2.45) is 0 Å². The molecule has 0 fully saturated rings. The number of H-pyrrole nitrogens is 1. The average molecular weight is 372 g/mol. The first-order valence-electron chi connectivity index (χ1n) is 8.07. The second-order valence-electron chi connectivity index (χ2n) is 6.17. The summed E-state index contributed by atoms with van der Waals surface area (Å²) >= 11 is 0. The fourth-order valence-electron chi connectivity index (χ4n) is 2.73. The van der Waals surface area contributed by atoms with E-state index < -0.39 is 10.0 Å².